The summed E-state index contributed by atoms with van der Waals surface area (Å²) in [7, 11) is 3.21. The molecule has 0 fully saturated rings. The largest absolute Gasteiger partial charge is 0.493 e. The quantitative estimate of drug-likeness (QED) is 0.595. The maximum Gasteiger partial charge on any atom is 0.228 e. The standard InChI is InChI=1S/C19H22N2O3.C6H15N/c1-4-13-14-9-16(23-2)17(24-3)10-15(14)18(21-19(13)22)11-6-5-7-12(20)8-11;1-5(2)7-6(3)4/h5-10,13,18H,4,20H2,1-3H3,(H,21,22);5-7H,1-4H3. The minimum atomic E-state index is -0.251. The lowest BCUT2D eigenvalue weighted by molar-refractivity contribution is -0.123. The predicted molar refractivity (Wildman–Crippen MR) is 127 cm³/mol. The van der Waals surface area contributed by atoms with E-state index in [1.807, 2.05) is 43.3 Å². The van der Waals surface area contributed by atoms with Gasteiger partial charge in [0.2, 0.25) is 5.91 Å². The zero-order valence-electron chi connectivity index (χ0n) is 19.8. The molecule has 0 bridgehead atoms. The van der Waals surface area contributed by atoms with Crippen molar-refractivity contribution in [2.24, 2.45) is 0 Å². The first-order valence-corrected chi connectivity index (χ1v) is 10.9. The first-order chi connectivity index (χ1) is 14.7. The summed E-state index contributed by atoms with van der Waals surface area (Å²) < 4.78 is 10.9. The van der Waals surface area contributed by atoms with Crippen LogP contribution in [0.5, 0.6) is 11.5 Å². The van der Waals surface area contributed by atoms with Crippen LogP contribution in [0.3, 0.4) is 0 Å². The van der Waals surface area contributed by atoms with Crippen LogP contribution in [0, 0.1) is 0 Å². The van der Waals surface area contributed by atoms with E-state index in [0.717, 1.165) is 23.1 Å². The van der Waals surface area contributed by atoms with Crippen LogP contribution >= 0.6 is 0 Å². The topological polar surface area (TPSA) is 85.6 Å². The molecule has 0 aromatic heterocycles. The van der Waals surface area contributed by atoms with E-state index in [1.54, 1.807) is 14.2 Å². The van der Waals surface area contributed by atoms with Gasteiger partial charge in [-0.15, -0.1) is 0 Å². The Kier molecular flexibility index (Phi) is 8.75. The SMILES string of the molecule is CC(C)NC(C)C.CCC1C(=O)NC(c2cccc(N)c2)c2cc(OC)c(OC)cc21. The van der Waals surface area contributed by atoms with E-state index in [1.165, 1.54) is 0 Å². The van der Waals surface area contributed by atoms with Crippen molar-refractivity contribution in [3.8, 4) is 11.5 Å². The van der Waals surface area contributed by atoms with Crippen LogP contribution in [-0.4, -0.2) is 32.2 Å². The molecule has 1 aliphatic heterocycles. The second-order valence-electron chi connectivity index (χ2n) is 8.38. The highest BCUT2D eigenvalue weighted by molar-refractivity contribution is 5.87. The molecule has 1 aliphatic rings. The fraction of sp³-hybridized carbons (Fsp3) is 0.480. The van der Waals surface area contributed by atoms with Gasteiger partial charge in [-0.1, -0.05) is 46.8 Å². The van der Waals surface area contributed by atoms with Crippen molar-refractivity contribution in [1.82, 2.24) is 10.6 Å². The Labute approximate surface area is 186 Å². The van der Waals surface area contributed by atoms with Gasteiger partial charge in [-0.05, 0) is 47.4 Å². The summed E-state index contributed by atoms with van der Waals surface area (Å²) in [6.45, 7) is 10.6. The lowest BCUT2D eigenvalue weighted by Gasteiger charge is -2.33. The molecule has 2 aromatic carbocycles. The van der Waals surface area contributed by atoms with Crippen molar-refractivity contribution in [2.45, 2.75) is 65.1 Å². The van der Waals surface area contributed by atoms with E-state index < -0.39 is 0 Å². The van der Waals surface area contributed by atoms with Crippen LogP contribution < -0.4 is 25.8 Å². The third-order valence-corrected chi connectivity index (χ3v) is 5.20. The number of amides is 1. The molecule has 1 amide bonds. The maximum absolute atomic E-state index is 12.6. The number of rotatable bonds is 6. The average molecular weight is 428 g/mol. The number of benzene rings is 2. The number of nitrogens with two attached hydrogens (primary N) is 1. The highest BCUT2D eigenvalue weighted by Gasteiger charge is 2.34. The van der Waals surface area contributed by atoms with E-state index >= 15 is 0 Å². The van der Waals surface area contributed by atoms with Crippen LogP contribution in [-0.2, 0) is 4.79 Å². The van der Waals surface area contributed by atoms with Crippen molar-refractivity contribution in [2.75, 3.05) is 20.0 Å². The average Bonchev–Trinajstić information content (AvgIpc) is 2.71. The van der Waals surface area contributed by atoms with Gasteiger partial charge in [-0.3, -0.25) is 4.79 Å². The number of nitrogen functional groups attached to an aromatic ring is 1. The Hall–Kier alpha value is -2.73. The van der Waals surface area contributed by atoms with Gasteiger partial charge in [0.05, 0.1) is 26.2 Å². The van der Waals surface area contributed by atoms with Gasteiger partial charge in [0, 0.05) is 17.8 Å². The first-order valence-electron chi connectivity index (χ1n) is 10.9. The number of fused-ring (bicyclic) bond motifs is 1. The second kappa shape index (κ2) is 11.0. The van der Waals surface area contributed by atoms with Crippen molar-refractivity contribution in [1.29, 1.82) is 0 Å². The van der Waals surface area contributed by atoms with E-state index in [0.29, 0.717) is 29.3 Å². The number of hydrogen-bond donors (Lipinski definition) is 3. The van der Waals surface area contributed by atoms with Gasteiger partial charge in [0.25, 0.3) is 0 Å². The lowest BCUT2D eigenvalue weighted by Crippen LogP contribution is -2.39. The van der Waals surface area contributed by atoms with Crippen LogP contribution in [0.1, 0.15) is 69.7 Å². The van der Waals surface area contributed by atoms with Crippen molar-refractivity contribution >= 4 is 11.6 Å². The zero-order valence-corrected chi connectivity index (χ0v) is 19.8. The summed E-state index contributed by atoms with van der Waals surface area (Å²) in [6.07, 6.45) is 0.720. The van der Waals surface area contributed by atoms with Gasteiger partial charge in [-0.2, -0.15) is 0 Å². The summed E-state index contributed by atoms with van der Waals surface area (Å²) >= 11 is 0. The number of carbonyl (C=O) groups excluding carboxylic acids is 1. The molecule has 170 valence electrons. The van der Waals surface area contributed by atoms with Gasteiger partial charge in [0.15, 0.2) is 11.5 Å². The molecule has 31 heavy (non-hydrogen) atoms. The summed E-state index contributed by atoms with van der Waals surface area (Å²) in [5.74, 6) is 1.11. The van der Waals surface area contributed by atoms with Crippen LogP contribution in [0.4, 0.5) is 5.69 Å². The molecule has 0 spiro atoms. The zero-order chi connectivity index (χ0) is 23.1. The Morgan fingerprint density at radius 1 is 1.00 bits per heavy atom. The minimum absolute atomic E-state index is 0.0182. The smallest absolute Gasteiger partial charge is 0.228 e. The minimum Gasteiger partial charge on any atom is -0.493 e. The Balaban J connectivity index is 0.000000423. The summed E-state index contributed by atoms with van der Waals surface area (Å²) in [4.78, 5) is 12.6. The van der Waals surface area contributed by atoms with E-state index in [-0.39, 0.29) is 17.9 Å². The Bertz CT molecular complexity index is 874. The molecular formula is C25H37N3O3. The molecule has 2 atom stereocenters. The molecule has 3 rings (SSSR count). The van der Waals surface area contributed by atoms with Gasteiger partial charge in [-0.25, -0.2) is 0 Å². The number of ether oxygens (including phenoxy) is 2. The molecule has 0 aliphatic carbocycles. The Morgan fingerprint density at radius 2 is 1.58 bits per heavy atom. The summed E-state index contributed by atoms with van der Waals surface area (Å²) in [5, 5.41) is 6.42. The number of carbonyl (C=O) groups is 1. The molecule has 0 saturated carbocycles. The molecule has 2 aromatic rings. The van der Waals surface area contributed by atoms with Crippen molar-refractivity contribution in [3.63, 3.8) is 0 Å². The second-order valence-corrected chi connectivity index (χ2v) is 8.38. The molecule has 4 N–H and O–H groups in total. The summed E-state index contributed by atoms with van der Waals surface area (Å²) in [6, 6.07) is 12.4. The number of anilines is 1. The molecule has 1 heterocycles. The fourth-order valence-electron chi connectivity index (χ4n) is 4.00. The molecule has 0 radical (unpaired) electrons. The predicted octanol–water partition coefficient (Wildman–Crippen LogP) is 4.39. The van der Waals surface area contributed by atoms with Crippen LogP contribution in [0.15, 0.2) is 36.4 Å². The lowest BCUT2D eigenvalue weighted by atomic mass is 9.82. The number of methoxy groups -OCH3 is 2. The normalized spacial score (nSPS) is 17.5. The third kappa shape index (κ3) is 6.14. The third-order valence-electron chi connectivity index (χ3n) is 5.20. The Morgan fingerprint density at radius 3 is 2.03 bits per heavy atom. The monoisotopic (exact) mass is 427 g/mol. The highest BCUT2D eigenvalue weighted by atomic mass is 16.5. The van der Waals surface area contributed by atoms with E-state index in [9.17, 15) is 4.79 Å². The fourth-order valence-corrected chi connectivity index (χ4v) is 4.00. The van der Waals surface area contributed by atoms with Crippen LogP contribution in [0.2, 0.25) is 0 Å². The highest BCUT2D eigenvalue weighted by Crippen LogP contribution is 2.42. The number of nitrogens with one attached hydrogen (secondary N) is 2. The van der Waals surface area contributed by atoms with Crippen molar-refractivity contribution in [3.05, 3.63) is 53.1 Å². The molecule has 6 heteroatoms. The van der Waals surface area contributed by atoms with E-state index in [4.69, 9.17) is 15.2 Å². The van der Waals surface area contributed by atoms with Gasteiger partial charge >= 0.3 is 0 Å². The molecule has 6 nitrogen and oxygen atoms in total. The first kappa shape index (κ1) is 24.5. The molecule has 2 unspecified atom stereocenters. The van der Waals surface area contributed by atoms with Crippen molar-refractivity contribution < 1.29 is 14.3 Å². The summed E-state index contributed by atoms with van der Waals surface area (Å²) in [5.41, 5.74) is 9.53. The van der Waals surface area contributed by atoms with Gasteiger partial charge in [0.1, 0.15) is 0 Å². The molecule has 0 saturated heterocycles. The van der Waals surface area contributed by atoms with Gasteiger partial charge < -0.3 is 25.8 Å². The van der Waals surface area contributed by atoms with Crippen LogP contribution in [0.25, 0.3) is 0 Å². The molecular weight excluding hydrogens is 390 g/mol. The maximum atomic E-state index is 12.6. The number of hydrogen-bond acceptors (Lipinski definition) is 5. The van der Waals surface area contributed by atoms with E-state index in [2.05, 4.69) is 38.3 Å².